The summed E-state index contributed by atoms with van der Waals surface area (Å²) in [4.78, 5) is 11.2. The largest absolute Gasteiger partial charge is 0.324 e. The maximum absolute atomic E-state index is 11.2. The van der Waals surface area contributed by atoms with E-state index in [4.69, 9.17) is 5.73 Å². The molecule has 0 radical (unpaired) electrons. The first-order chi connectivity index (χ1) is 5.65. The Labute approximate surface area is 79.9 Å². The number of aryl methyl sites for hydroxylation is 1. The highest BCUT2D eigenvalue weighted by Gasteiger charge is 2.06. The predicted molar refractivity (Wildman–Crippen MR) is 52.3 cm³/mol. The Kier molecular flexibility index (Phi) is 3.00. The van der Waals surface area contributed by atoms with Gasteiger partial charge in [0.2, 0.25) is 0 Å². The van der Waals surface area contributed by atoms with Crippen LogP contribution in [0.2, 0.25) is 0 Å². The fraction of sp³-hybridized carbons (Fsp3) is 0.222. The van der Waals surface area contributed by atoms with Crippen molar-refractivity contribution in [3.8, 4) is 0 Å². The van der Waals surface area contributed by atoms with E-state index in [0.29, 0.717) is 5.56 Å². The van der Waals surface area contributed by atoms with Gasteiger partial charge < -0.3 is 5.73 Å². The molecule has 0 aliphatic heterocycles. The van der Waals surface area contributed by atoms with E-state index >= 15 is 0 Å². The molecule has 0 heterocycles. The Bertz CT molecular complexity index is 309. The van der Waals surface area contributed by atoms with Crippen LogP contribution in [0.15, 0.2) is 22.7 Å². The van der Waals surface area contributed by atoms with Gasteiger partial charge in [-0.3, -0.25) is 4.79 Å². The van der Waals surface area contributed by atoms with E-state index in [1.165, 1.54) is 0 Å². The lowest BCUT2D eigenvalue weighted by atomic mass is 10.1. The third kappa shape index (κ3) is 1.93. The number of benzene rings is 1. The summed E-state index contributed by atoms with van der Waals surface area (Å²) >= 11 is 3.30. The molecule has 0 aliphatic rings. The molecule has 0 unspecified atom stereocenters. The van der Waals surface area contributed by atoms with Crippen LogP contribution >= 0.6 is 15.9 Å². The molecule has 1 rings (SSSR count). The molecule has 0 spiro atoms. The molecule has 0 aliphatic carbocycles. The Hall–Kier alpha value is -0.670. The highest BCUT2D eigenvalue weighted by Crippen LogP contribution is 2.15. The predicted octanol–water partition coefficient (Wildman–Crippen LogP) is 1.90. The molecule has 0 amide bonds. The van der Waals surface area contributed by atoms with Crippen molar-refractivity contribution in [1.82, 2.24) is 0 Å². The highest BCUT2D eigenvalue weighted by molar-refractivity contribution is 9.10. The third-order valence-corrected chi connectivity index (χ3v) is 2.18. The zero-order valence-electron chi connectivity index (χ0n) is 6.80. The van der Waals surface area contributed by atoms with Crippen LogP contribution in [-0.2, 0) is 0 Å². The highest BCUT2D eigenvalue weighted by atomic mass is 79.9. The molecule has 0 saturated carbocycles. The minimum Gasteiger partial charge on any atom is -0.324 e. The number of carbonyl (C=O) groups excluding carboxylic acids is 1. The van der Waals surface area contributed by atoms with Crippen molar-refractivity contribution in [2.75, 3.05) is 6.54 Å². The molecule has 64 valence electrons. The van der Waals surface area contributed by atoms with Gasteiger partial charge in [0.1, 0.15) is 0 Å². The van der Waals surface area contributed by atoms with E-state index in [1.807, 2.05) is 19.1 Å². The second kappa shape index (κ2) is 3.83. The smallest absolute Gasteiger partial charge is 0.176 e. The molecular formula is C9H10BrNO. The molecule has 12 heavy (non-hydrogen) atoms. The fourth-order valence-corrected chi connectivity index (χ4v) is 1.37. The summed E-state index contributed by atoms with van der Waals surface area (Å²) in [6.45, 7) is 1.96. The molecule has 3 heteroatoms. The molecule has 1 aromatic carbocycles. The zero-order valence-corrected chi connectivity index (χ0v) is 8.39. The molecule has 1 aromatic rings. The Morgan fingerprint density at radius 2 is 2.25 bits per heavy atom. The van der Waals surface area contributed by atoms with Gasteiger partial charge in [0.25, 0.3) is 0 Å². The van der Waals surface area contributed by atoms with Gasteiger partial charge in [-0.25, -0.2) is 0 Å². The molecule has 2 nitrogen and oxygen atoms in total. The number of rotatable bonds is 2. The standard InChI is InChI=1S/C9H10BrNO/c1-6-2-3-7(10)4-8(6)9(12)5-11/h2-4H,5,11H2,1H3. The number of carbonyl (C=O) groups is 1. The molecule has 0 saturated heterocycles. The lowest BCUT2D eigenvalue weighted by Gasteiger charge is -2.02. The van der Waals surface area contributed by atoms with Gasteiger partial charge in [-0.15, -0.1) is 0 Å². The Morgan fingerprint density at radius 1 is 1.58 bits per heavy atom. The zero-order chi connectivity index (χ0) is 9.14. The first-order valence-corrected chi connectivity index (χ1v) is 4.44. The van der Waals surface area contributed by atoms with E-state index in [0.717, 1.165) is 10.0 Å². The van der Waals surface area contributed by atoms with Gasteiger partial charge in [0.15, 0.2) is 5.78 Å². The quantitative estimate of drug-likeness (QED) is 0.785. The minimum atomic E-state index is -0.0196. The van der Waals surface area contributed by atoms with E-state index in [9.17, 15) is 4.79 Å². The van der Waals surface area contributed by atoms with Gasteiger partial charge >= 0.3 is 0 Å². The first-order valence-electron chi connectivity index (χ1n) is 3.64. The molecular weight excluding hydrogens is 218 g/mol. The summed E-state index contributed by atoms with van der Waals surface area (Å²) in [7, 11) is 0. The monoisotopic (exact) mass is 227 g/mol. The Morgan fingerprint density at radius 3 is 2.83 bits per heavy atom. The van der Waals surface area contributed by atoms with Gasteiger partial charge in [-0.05, 0) is 24.6 Å². The van der Waals surface area contributed by atoms with Crippen LogP contribution in [0.1, 0.15) is 15.9 Å². The second-order valence-electron chi connectivity index (χ2n) is 2.59. The average Bonchev–Trinajstić information content (AvgIpc) is 2.08. The number of ketones is 1. The van der Waals surface area contributed by atoms with Crippen LogP contribution in [0, 0.1) is 6.92 Å². The number of nitrogens with two attached hydrogens (primary N) is 1. The summed E-state index contributed by atoms with van der Waals surface area (Å²) in [5.41, 5.74) is 6.93. The van der Waals surface area contributed by atoms with Crippen LogP contribution in [0.5, 0.6) is 0 Å². The number of halogens is 1. The van der Waals surface area contributed by atoms with Crippen LogP contribution < -0.4 is 5.73 Å². The van der Waals surface area contributed by atoms with Crippen LogP contribution in [0.3, 0.4) is 0 Å². The number of hydrogen-bond acceptors (Lipinski definition) is 2. The molecule has 0 aromatic heterocycles. The van der Waals surface area contributed by atoms with Crippen molar-refractivity contribution < 1.29 is 4.79 Å². The van der Waals surface area contributed by atoms with Gasteiger partial charge in [-0.1, -0.05) is 22.0 Å². The van der Waals surface area contributed by atoms with Gasteiger partial charge in [0, 0.05) is 10.0 Å². The summed E-state index contributed by atoms with van der Waals surface area (Å²) in [6, 6.07) is 5.60. The Balaban J connectivity index is 3.13. The number of Topliss-reactive ketones (excluding diaryl/α,β-unsaturated/α-hetero) is 1. The van der Waals surface area contributed by atoms with E-state index < -0.39 is 0 Å². The van der Waals surface area contributed by atoms with Crippen molar-refractivity contribution in [2.24, 2.45) is 5.73 Å². The topological polar surface area (TPSA) is 43.1 Å². The van der Waals surface area contributed by atoms with Crippen LogP contribution in [-0.4, -0.2) is 12.3 Å². The van der Waals surface area contributed by atoms with E-state index in [-0.39, 0.29) is 12.3 Å². The number of hydrogen-bond donors (Lipinski definition) is 1. The maximum atomic E-state index is 11.2. The van der Waals surface area contributed by atoms with Gasteiger partial charge in [0.05, 0.1) is 6.54 Å². The third-order valence-electron chi connectivity index (χ3n) is 1.69. The summed E-state index contributed by atoms with van der Waals surface area (Å²) in [5.74, 6) is -0.0196. The first kappa shape index (κ1) is 9.42. The molecule has 2 N–H and O–H groups in total. The molecule has 0 atom stereocenters. The van der Waals surface area contributed by atoms with Crippen LogP contribution in [0.4, 0.5) is 0 Å². The van der Waals surface area contributed by atoms with Crippen molar-refractivity contribution in [2.45, 2.75) is 6.92 Å². The summed E-state index contributed by atoms with van der Waals surface area (Å²) in [6.07, 6.45) is 0. The summed E-state index contributed by atoms with van der Waals surface area (Å²) < 4.78 is 0.907. The van der Waals surface area contributed by atoms with Crippen LogP contribution in [0.25, 0.3) is 0 Å². The minimum absolute atomic E-state index is 0.0196. The maximum Gasteiger partial charge on any atom is 0.176 e. The molecule has 0 bridgehead atoms. The SMILES string of the molecule is Cc1ccc(Br)cc1C(=O)CN. The van der Waals surface area contributed by atoms with Crippen molar-refractivity contribution in [3.63, 3.8) is 0 Å². The van der Waals surface area contributed by atoms with Crippen molar-refractivity contribution in [3.05, 3.63) is 33.8 Å². The van der Waals surface area contributed by atoms with Crippen molar-refractivity contribution >= 4 is 21.7 Å². The lowest BCUT2D eigenvalue weighted by molar-refractivity contribution is 0.100. The van der Waals surface area contributed by atoms with E-state index in [1.54, 1.807) is 6.07 Å². The fourth-order valence-electron chi connectivity index (χ4n) is 1.00. The normalized spacial score (nSPS) is 9.92. The average molecular weight is 228 g/mol. The van der Waals surface area contributed by atoms with Crippen molar-refractivity contribution in [1.29, 1.82) is 0 Å². The van der Waals surface area contributed by atoms with Gasteiger partial charge in [-0.2, -0.15) is 0 Å². The summed E-state index contributed by atoms with van der Waals surface area (Å²) in [5, 5.41) is 0. The van der Waals surface area contributed by atoms with E-state index in [2.05, 4.69) is 15.9 Å². The second-order valence-corrected chi connectivity index (χ2v) is 3.50. The lowest BCUT2D eigenvalue weighted by Crippen LogP contribution is -2.14. The molecule has 0 fully saturated rings.